The van der Waals surface area contributed by atoms with Crippen molar-refractivity contribution in [2.45, 2.75) is 34.2 Å². The summed E-state index contributed by atoms with van der Waals surface area (Å²) in [5.41, 5.74) is 4.27. The number of carbonyl (C=O) groups excluding carboxylic acids is 1. The molecule has 1 heterocycles. The lowest BCUT2D eigenvalue weighted by atomic mass is 10.1. The zero-order valence-corrected chi connectivity index (χ0v) is 16.4. The minimum atomic E-state index is -0.0933. The lowest BCUT2D eigenvalue weighted by Gasteiger charge is -2.18. The Kier molecular flexibility index (Phi) is 6.59. The fourth-order valence-electron chi connectivity index (χ4n) is 2.60. The topological polar surface area (TPSA) is 32.3 Å². The van der Waals surface area contributed by atoms with E-state index in [1.807, 2.05) is 59.0 Å². The Balaban J connectivity index is 2.06. The molecular weight excluding hydrogens is 328 g/mol. The molecule has 25 heavy (non-hydrogen) atoms. The first-order valence-corrected chi connectivity index (χ1v) is 9.26. The van der Waals surface area contributed by atoms with Gasteiger partial charge in [-0.05, 0) is 55.7 Å². The SMILES string of the molecule is C/C=C/C(C)=C\C(C)=C(/C)NC(=O)N(C)Cc1csc2ccccc12. The van der Waals surface area contributed by atoms with Crippen LogP contribution in [0, 0.1) is 0 Å². The van der Waals surface area contributed by atoms with E-state index in [1.165, 1.54) is 15.6 Å². The summed E-state index contributed by atoms with van der Waals surface area (Å²) in [5, 5.41) is 6.34. The van der Waals surface area contributed by atoms with Gasteiger partial charge < -0.3 is 10.2 Å². The van der Waals surface area contributed by atoms with Gasteiger partial charge in [0.2, 0.25) is 0 Å². The minimum absolute atomic E-state index is 0.0933. The smallest absolute Gasteiger partial charge is 0.321 e. The third-order valence-electron chi connectivity index (χ3n) is 4.08. The lowest BCUT2D eigenvalue weighted by molar-refractivity contribution is 0.210. The van der Waals surface area contributed by atoms with Crippen LogP contribution in [0.5, 0.6) is 0 Å². The van der Waals surface area contributed by atoms with Crippen LogP contribution in [0.3, 0.4) is 0 Å². The maximum atomic E-state index is 12.5. The Labute approximate surface area is 154 Å². The molecule has 0 aliphatic heterocycles. The van der Waals surface area contributed by atoms with Crippen molar-refractivity contribution in [1.82, 2.24) is 10.2 Å². The molecule has 0 saturated heterocycles. The average Bonchev–Trinajstić information content (AvgIpc) is 2.98. The van der Waals surface area contributed by atoms with E-state index in [0.717, 1.165) is 16.8 Å². The Bertz CT molecular complexity index is 842. The number of rotatable bonds is 5. The quantitative estimate of drug-likeness (QED) is 0.670. The summed E-state index contributed by atoms with van der Waals surface area (Å²) in [5.74, 6) is 0. The number of carbonyl (C=O) groups is 1. The van der Waals surface area contributed by atoms with E-state index in [-0.39, 0.29) is 6.03 Å². The third kappa shape index (κ3) is 5.07. The Hall–Kier alpha value is -2.33. The van der Waals surface area contributed by atoms with Gasteiger partial charge in [0, 0.05) is 24.0 Å². The summed E-state index contributed by atoms with van der Waals surface area (Å²) < 4.78 is 1.25. The predicted octanol–water partition coefficient (Wildman–Crippen LogP) is 5.86. The first kappa shape index (κ1) is 19.0. The standard InChI is InChI=1S/C21H26N2OS/c1-6-9-15(2)12-16(3)17(4)22-21(24)23(5)13-18-14-25-20-11-8-7-10-19(18)20/h6-12,14H,13H2,1-5H3,(H,22,24)/b9-6+,15-12-,17-16+. The van der Waals surface area contributed by atoms with Crippen molar-refractivity contribution in [1.29, 1.82) is 0 Å². The number of fused-ring (bicyclic) bond motifs is 1. The van der Waals surface area contributed by atoms with Crippen LogP contribution < -0.4 is 5.32 Å². The average molecular weight is 355 g/mol. The molecule has 0 fully saturated rings. The number of nitrogens with zero attached hydrogens (tertiary/aromatic N) is 1. The first-order valence-electron chi connectivity index (χ1n) is 8.38. The molecule has 1 aromatic heterocycles. The minimum Gasteiger partial charge on any atom is -0.323 e. The van der Waals surface area contributed by atoms with Crippen molar-refractivity contribution in [2.75, 3.05) is 7.05 Å². The number of urea groups is 1. The summed E-state index contributed by atoms with van der Waals surface area (Å²) in [4.78, 5) is 14.2. The molecule has 1 aromatic carbocycles. The van der Waals surface area contributed by atoms with E-state index in [9.17, 15) is 4.79 Å². The second-order valence-corrected chi connectivity index (χ2v) is 7.15. The maximum absolute atomic E-state index is 12.5. The largest absolute Gasteiger partial charge is 0.323 e. The molecule has 0 atom stereocenters. The van der Waals surface area contributed by atoms with Crippen molar-refractivity contribution in [3.8, 4) is 0 Å². The molecule has 0 bridgehead atoms. The summed E-state index contributed by atoms with van der Waals surface area (Å²) >= 11 is 1.72. The number of thiophene rings is 1. The van der Waals surface area contributed by atoms with E-state index in [2.05, 4.69) is 28.9 Å². The second kappa shape index (κ2) is 8.67. The number of amides is 2. The van der Waals surface area contributed by atoms with E-state index in [4.69, 9.17) is 0 Å². The molecule has 2 rings (SSSR count). The van der Waals surface area contributed by atoms with Gasteiger partial charge in [0.1, 0.15) is 0 Å². The van der Waals surface area contributed by atoms with Crippen molar-refractivity contribution < 1.29 is 4.79 Å². The van der Waals surface area contributed by atoms with Gasteiger partial charge in [-0.1, -0.05) is 42.0 Å². The second-order valence-electron chi connectivity index (χ2n) is 6.24. The van der Waals surface area contributed by atoms with Gasteiger partial charge in [-0.3, -0.25) is 0 Å². The highest BCUT2D eigenvalue weighted by Gasteiger charge is 2.12. The van der Waals surface area contributed by atoms with Crippen LogP contribution in [0.15, 0.2) is 64.7 Å². The molecule has 2 aromatic rings. The molecule has 2 amide bonds. The van der Waals surface area contributed by atoms with Crippen molar-refractivity contribution in [3.05, 3.63) is 70.3 Å². The van der Waals surface area contributed by atoms with Crippen LogP contribution in [-0.4, -0.2) is 18.0 Å². The molecule has 0 aliphatic rings. The van der Waals surface area contributed by atoms with Gasteiger partial charge in [0.25, 0.3) is 0 Å². The molecule has 1 N–H and O–H groups in total. The van der Waals surface area contributed by atoms with Crippen LogP contribution in [0.25, 0.3) is 10.1 Å². The molecule has 4 heteroatoms. The maximum Gasteiger partial charge on any atom is 0.321 e. The van der Waals surface area contributed by atoms with Crippen molar-refractivity contribution >= 4 is 27.5 Å². The van der Waals surface area contributed by atoms with E-state index >= 15 is 0 Å². The summed E-state index contributed by atoms with van der Waals surface area (Å²) in [6, 6.07) is 8.20. The number of hydrogen-bond donors (Lipinski definition) is 1. The molecule has 0 radical (unpaired) electrons. The zero-order chi connectivity index (χ0) is 18.4. The van der Waals surface area contributed by atoms with Crippen LogP contribution in [0.4, 0.5) is 4.79 Å². The van der Waals surface area contributed by atoms with Gasteiger partial charge >= 0.3 is 6.03 Å². The molecule has 0 aliphatic carbocycles. The molecule has 0 saturated carbocycles. The molecule has 0 unspecified atom stereocenters. The fraction of sp³-hybridized carbons (Fsp3) is 0.286. The Morgan fingerprint density at radius 2 is 1.96 bits per heavy atom. The Morgan fingerprint density at radius 1 is 1.24 bits per heavy atom. The zero-order valence-electron chi connectivity index (χ0n) is 15.6. The highest BCUT2D eigenvalue weighted by atomic mass is 32.1. The number of benzene rings is 1. The first-order chi connectivity index (χ1) is 11.9. The van der Waals surface area contributed by atoms with Gasteiger partial charge in [-0.2, -0.15) is 0 Å². The molecule has 132 valence electrons. The Morgan fingerprint density at radius 3 is 2.68 bits per heavy atom. The number of allylic oxidation sites excluding steroid dienone is 6. The van der Waals surface area contributed by atoms with E-state index in [1.54, 1.807) is 16.2 Å². The number of nitrogens with one attached hydrogen (secondary N) is 1. The van der Waals surface area contributed by atoms with Crippen LogP contribution in [0.2, 0.25) is 0 Å². The lowest BCUT2D eigenvalue weighted by Crippen LogP contribution is -2.36. The summed E-state index contributed by atoms with van der Waals surface area (Å²) in [6.07, 6.45) is 6.13. The molecular formula is C21H26N2OS. The van der Waals surface area contributed by atoms with E-state index < -0.39 is 0 Å². The van der Waals surface area contributed by atoms with Crippen LogP contribution in [0.1, 0.15) is 33.3 Å². The van der Waals surface area contributed by atoms with Crippen LogP contribution in [-0.2, 0) is 6.54 Å². The summed E-state index contributed by atoms with van der Waals surface area (Å²) in [7, 11) is 1.82. The fourth-order valence-corrected chi connectivity index (χ4v) is 3.55. The highest BCUT2D eigenvalue weighted by Crippen LogP contribution is 2.26. The third-order valence-corrected chi connectivity index (χ3v) is 5.09. The van der Waals surface area contributed by atoms with Gasteiger partial charge in [-0.25, -0.2) is 4.79 Å². The monoisotopic (exact) mass is 354 g/mol. The summed E-state index contributed by atoms with van der Waals surface area (Å²) in [6.45, 7) is 8.58. The normalized spacial score (nSPS) is 13.2. The highest BCUT2D eigenvalue weighted by molar-refractivity contribution is 7.17. The van der Waals surface area contributed by atoms with Crippen molar-refractivity contribution in [2.24, 2.45) is 0 Å². The molecule has 0 spiro atoms. The van der Waals surface area contributed by atoms with Gasteiger partial charge in [0.05, 0.1) is 0 Å². The van der Waals surface area contributed by atoms with E-state index in [0.29, 0.717) is 6.54 Å². The predicted molar refractivity (Wildman–Crippen MR) is 109 cm³/mol. The van der Waals surface area contributed by atoms with Crippen LogP contribution >= 0.6 is 11.3 Å². The van der Waals surface area contributed by atoms with Gasteiger partial charge in [0.15, 0.2) is 0 Å². The number of hydrogen-bond acceptors (Lipinski definition) is 2. The van der Waals surface area contributed by atoms with Crippen molar-refractivity contribution in [3.63, 3.8) is 0 Å². The molecule has 3 nitrogen and oxygen atoms in total. The van der Waals surface area contributed by atoms with Gasteiger partial charge in [-0.15, -0.1) is 11.3 Å².